The molecule has 1 atom stereocenters. The zero-order chi connectivity index (χ0) is 9.40. The summed E-state index contributed by atoms with van der Waals surface area (Å²) in [4.78, 5) is 4.45. The molecular weight excluding hydrogens is 168 g/mol. The number of thioether (sulfide) groups is 1. The number of nitrogens with two attached hydrogens (primary N) is 1. The van der Waals surface area contributed by atoms with Crippen molar-refractivity contribution < 1.29 is 0 Å². The third-order valence-corrected chi connectivity index (χ3v) is 2.40. The summed E-state index contributed by atoms with van der Waals surface area (Å²) >= 11 is 1.83. The normalized spacial score (nSPS) is 14.8. The fraction of sp³-hybridized carbons (Fsp3) is 0.889. The summed E-state index contributed by atoms with van der Waals surface area (Å²) < 4.78 is 0. The number of nitrogens with zero attached hydrogens (tertiary/aromatic N) is 1. The van der Waals surface area contributed by atoms with E-state index in [0.29, 0.717) is 6.04 Å². The number of hydrogen-bond donors (Lipinski definition) is 1. The van der Waals surface area contributed by atoms with E-state index in [1.165, 1.54) is 0 Å². The second-order valence-corrected chi connectivity index (χ2v) is 3.80. The van der Waals surface area contributed by atoms with E-state index in [0.717, 1.165) is 30.9 Å². The van der Waals surface area contributed by atoms with Crippen LogP contribution in [0.5, 0.6) is 0 Å². The van der Waals surface area contributed by atoms with E-state index in [1.807, 2.05) is 11.8 Å². The summed E-state index contributed by atoms with van der Waals surface area (Å²) in [5.41, 5.74) is 5.73. The van der Waals surface area contributed by atoms with E-state index in [4.69, 9.17) is 5.73 Å². The highest BCUT2D eigenvalue weighted by Crippen LogP contribution is 2.05. The molecule has 0 aromatic heterocycles. The maximum atomic E-state index is 5.73. The predicted octanol–water partition coefficient (Wildman–Crippen LogP) is 2.29. The molecule has 0 spiro atoms. The minimum Gasteiger partial charge on any atom is -0.387 e. The van der Waals surface area contributed by atoms with Gasteiger partial charge in [-0.1, -0.05) is 13.8 Å². The zero-order valence-electron chi connectivity index (χ0n) is 8.34. The van der Waals surface area contributed by atoms with Crippen LogP contribution in [0.15, 0.2) is 4.99 Å². The number of rotatable bonds is 6. The molecule has 0 bridgehead atoms. The monoisotopic (exact) mass is 188 g/mol. The van der Waals surface area contributed by atoms with Gasteiger partial charge < -0.3 is 5.73 Å². The summed E-state index contributed by atoms with van der Waals surface area (Å²) in [5.74, 6) is 1.90. The minimum absolute atomic E-state index is 0.423. The Morgan fingerprint density at radius 1 is 1.50 bits per heavy atom. The molecule has 72 valence electrons. The zero-order valence-corrected chi connectivity index (χ0v) is 9.16. The van der Waals surface area contributed by atoms with Gasteiger partial charge in [0.1, 0.15) is 0 Å². The van der Waals surface area contributed by atoms with Crippen molar-refractivity contribution in [3.05, 3.63) is 0 Å². The first-order valence-electron chi connectivity index (χ1n) is 4.55. The number of hydrogen-bond acceptors (Lipinski definition) is 2. The van der Waals surface area contributed by atoms with Crippen LogP contribution >= 0.6 is 11.8 Å². The lowest BCUT2D eigenvalue weighted by molar-refractivity contribution is 0.721. The SMILES string of the molecule is CCCC(N)=NC(CC)CSC. The van der Waals surface area contributed by atoms with Gasteiger partial charge in [-0.15, -0.1) is 0 Å². The average molecular weight is 188 g/mol. The third kappa shape index (κ3) is 5.47. The Bertz CT molecular complexity index is 134. The van der Waals surface area contributed by atoms with Gasteiger partial charge in [-0.2, -0.15) is 11.8 Å². The van der Waals surface area contributed by atoms with E-state index < -0.39 is 0 Å². The van der Waals surface area contributed by atoms with Gasteiger partial charge in [0.05, 0.1) is 11.9 Å². The molecule has 0 fully saturated rings. The van der Waals surface area contributed by atoms with Crippen molar-refractivity contribution >= 4 is 17.6 Å². The first kappa shape index (κ1) is 11.8. The molecule has 1 unspecified atom stereocenters. The first-order chi connectivity index (χ1) is 5.74. The van der Waals surface area contributed by atoms with Crippen LogP contribution in [0.3, 0.4) is 0 Å². The summed E-state index contributed by atoms with van der Waals surface area (Å²) in [6.45, 7) is 4.28. The molecule has 0 saturated heterocycles. The second kappa shape index (κ2) is 7.47. The highest BCUT2D eigenvalue weighted by Gasteiger charge is 2.02. The van der Waals surface area contributed by atoms with Gasteiger partial charge >= 0.3 is 0 Å². The van der Waals surface area contributed by atoms with Crippen molar-refractivity contribution in [2.45, 2.75) is 39.2 Å². The van der Waals surface area contributed by atoms with E-state index >= 15 is 0 Å². The molecule has 0 radical (unpaired) electrons. The van der Waals surface area contributed by atoms with E-state index in [2.05, 4.69) is 25.1 Å². The van der Waals surface area contributed by atoms with E-state index in [9.17, 15) is 0 Å². The van der Waals surface area contributed by atoms with Gasteiger partial charge in [0.2, 0.25) is 0 Å². The molecule has 12 heavy (non-hydrogen) atoms. The van der Waals surface area contributed by atoms with Gasteiger partial charge in [0.25, 0.3) is 0 Å². The summed E-state index contributed by atoms with van der Waals surface area (Å²) in [6.07, 6.45) is 5.22. The Kier molecular flexibility index (Phi) is 7.36. The van der Waals surface area contributed by atoms with Crippen LogP contribution in [0.25, 0.3) is 0 Å². The second-order valence-electron chi connectivity index (χ2n) is 2.89. The van der Waals surface area contributed by atoms with Crippen LogP contribution in [-0.4, -0.2) is 23.9 Å². The smallest absolute Gasteiger partial charge is 0.0940 e. The molecule has 2 nitrogen and oxygen atoms in total. The van der Waals surface area contributed by atoms with Crippen LogP contribution in [0.2, 0.25) is 0 Å². The topological polar surface area (TPSA) is 38.4 Å². The molecule has 0 aliphatic heterocycles. The molecule has 3 heteroatoms. The summed E-state index contributed by atoms with van der Waals surface area (Å²) in [5, 5.41) is 0. The number of amidine groups is 1. The molecule has 0 aliphatic carbocycles. The average Bonchev–Trinajstić information content (AvgIpc) is 2.04. The van der Waals surface area contributed by atoms with Crippen LogP contribution in [0.1, 0.15) is 33.1 Å². The van der Waals surface area contributed by atoms with Gasteiger partial charge in [-0.05, 0) is 19.1 Å². The van der Waals surface area contributed by atoms with Gasteiger partial charge in [-0.3, -0.25) is 4.99 Å². The largest absolute Gasteiger partial charge is 0.387 e. The van der Waals surface area contributed by atoms with Crippen LogP contribution < -0.4 is 5.73 Å². The molecule has 0 saturated carbocycles. The first-order valence-corrected chi connectivity index (χ1v) is 5.95. The third-order valence-electron chi connectivity index (χ3n) is 1.68. The maximum Gasteiger partial charge on any atom is 0.0940 e. The molecule has 0 amide bonds. The lowest BCUT2D eigenvalue weighted by atomic mass is 10.2. The summed E-state index contributed by atoms with van der Waals surface area (Å²) in [6, 6.07) is 0.423. The van der Waals surface area contributed by atoms with E-state index in [-0.39, 0.29) is 0 Å². The molecule has 0 aromatic rings. The Hall–Kier alpha value is -0.180. The van der Waals surface area contributed by atoms with Crippen molar-refractivity contribution in [1.29, 1.82) is 0 Å². The molecule has 0 aromatic carbocycles. The molecule has 2 N–H and O–H groups in total. The Balaban J connectivity index is 3.87. The highest BCUT2D eigenvalue weighted by atomic mass is 32.2. The van der Waals surface area contributed by atoms with Crippen molar-refractivity contribution in [3.8, 4) is 0 Å². The Morgan fingerprint density at radius 2 is 2.17 bits per heavy atom. The molecule has 0 rings (SSSR count). The fourth-order valence-corrected chi connectivity index (χ4v) is 1.69. The van der Waals surface area contributed by atoms with Crippen molar-refractivity contribution in [1.82, 2.24) is 0 Å². The van der Waals surface area contributed by atoms with Crippen molar-refractivity contribution in [2.75, 3.05) is 12.0 Å². The number of aliphatic imine (C=N–C) groups is 1. The molecule has 0 heterocycles. The Labute approximate surface area is 80.0 Å². The quantitative estimate of drug-likeness (QED) is 0.513. The van der Waals surface area contributed by atoms with Gasteiger partial charge in [0, 0.05) is 12.2 Å². The van der Waals surface area contributed by atoms with Crippen molar-refractivity contribution in [3.63, 3.8) is 0 Å². The molecular formula is C9H20N2S. The fourth-order valence-electron chi connectivity index (χ4n) is 0.994. The lowest BCUT2D eigenvalue weighted by Crippen LogP contribution is -2.17. The lowest BCUT2D eigenvalue weighted by Gasteiger charge is -2.08. The van der Waals surface area contributed by atoms with Crippen LogP contribution in [0, 0.1) is 0 Å². The highest BCUT2D eigenvalue weighted by molar-refractivity contribution is 7.98. The van der Waals surface area contributed by atoms with Crippen molar-refractivity contribution in [2.24, 2.45) is 10.7 Å². The summed E-state index contributed by atoms with van der Waals surface area (Å²) in [7, 11) is 0. The standard InChI is InChI=1S/C9H20N2S/c1-4-6-9(10)11-8(5-2)7-12-3/h8H,4-7H2,1-3H3,(H2,10,11). The van der Waals surface area contributed by atoms with Gasteiger partial charge in [-0.25, -0.2) is 0 Å². The predicted molar refractivity (Wildman–Crippen MR) is 59.0 cm³/mol. The molecule has 0 aliphatic rings. The van der Waals surface area contributed by atoms with E-state index in [1.54, 1.807) is 0 Å². The minimum atomic E-state index is 0.423. The maximum absolute atomic E-state index is 5.73. The van der Waals surface area contributed by atoms with Crippen LogP contribution in [-0.2, 0) is 0 Å². The van der Waals surface area contributed by atoms with Crippen LogP contribution in [0.4, 0.5) is 0 Å². The van der Waals surface area contributed by atoms with Gasteiger partial charge in [0.15, 0.2) is 0 Å². The Morgan fingerprint density at radius 3 is 2.58 bits per heavy atom.